The summed E-state index contributed by atoms with van der Waals surface area (Å²) in [5, 5.41) is 31.1. The number of aliphatic hydroxyl groups is 1. The molecule has 0 heterocycles. The van der Waals surface area contributed by atoms with Gasteiger partial charge < -0.3 is 20.6 Å². The summed E-state index contributed by atoms with van der Waals surface area (Å²) < 4.78 is 0. The SMILES string of the molecule is CC(O)c1cccc(NC(=O)c2cccc(O)c2O)c1. The first-order valence-electron chi connectivity index (χ1n) is 6.09. The van der Waals surface area contributed by atoms with E-state index in [1.165, 1.54) is 18.2 Å². The van der Waals surface area contributed by atoms with Crippen LogP contribution in [0, 0.1) is 0 Å². The fourth-order valence-electron chi connectivity index (χ4n) is 1.79. The second-order valence-corrected chi connectivity index (χ2v) is 4.43. The molecule has 0 bridgehead atoms. The van der Waals surface area contributed by atoms with E-state index in [4.69, 9.17) is 0 Å². The Bertz CT molecular complexity index is 638. The average Bonchev–Trinajstić information content (AvgIpc) is 2.42. The van der Waals surface area contributed by atoms with Gasteiger partial charge in [0.1, 0.15) is 0 Å². The van der Waals surface area contributed by atoms with Crippen molar-refractivity contribution in [3.05, 3.63) is 53.6 Å². The van der Waals surface area contributed by atoms with Gasteiger partial charge in [0.05, 0.1) is 11.7 Å². The molecule has 0 radical (unpaired) electrons. The van der Waals surface area contributed by atoms with Crippen LogP contribution in [0.15, 0.2) is 42.5 Å². The Morgan fingerprint density at radius 2 is 1.85 bits per heavy atom. The van der Waals surface area contributed by atoms with Crippen LogP contribution in [0.25, 0.3) is 0 Å². The number of rotatable bonds is 3. The number of carbonyl (C=O) groups excluding carboxylic acids is 1. The zero-order valence-corrected chi connectivity index (χ0v) is 10.9. The summed E-state index contributed by atoms with van der Waals surface area (Å²) in [6, 6.07) is 10.9. The molecule has 4 N–H and O–H groups in total. The predicted molar refractivity (Wildman–Crippen MR) is 74.8 cm³/mol. The summed E-state index contributed by atoms with van der Waals surface area (Å²) in [6.07, 6.45) is -0.638. The number of aliphatic hydroxyl groups excluding tert-OH is 1. The maximum atomic E-state index is 12.0. The van der Waals surface area contributed by atoms with Crippen molar-refractivity contribution in [1.29, 1.82) is 0 Å². The van der Waals surface area contributed by atoms with Gasteiger partial charge in [0, 0.05) is 5.69 Å². The molecule has 0 spiro atoms. The van der Waals surface area contributed by atoms with Crippen molar-refractivity contribution in [2.24, 2.45) is 0 Å². The molecule has 0 aromatic heterocycles. The Labute approximate surface area is 116 Å². The van der Waals surface area contributed by atoms with Crippen molar-refractivity contribution < 1.29 is 20.1 Å². The highest BCUT2D eigenvalue weighted by atomic mass is 16.3. The van der Waals surface area contributed by atoms with Gasteiger partial charge >= 0.3 is 0 Å². The Hall–Kier alpha value is -2.53. The molecule has 1 amide bonds. The van der Waals surface area contributed by atoms with Gasteiger partial charge in [-0.1, -0.05) is 18.2 Å². The number of hydrogen-bond acceptors (Lipinski definition) is 4. The minimum absolute atomic E-state index is 0.0209. The number of carbonyl (C=O) groups is 1. The maximum absolute atomic E-state index is 12.0. The minimum atomic E-state index is -0.638. The molecule has 0 saturated carbocycles. The second kappa shape index (κ2) is 5.63. The number of para-hydroxylation sites is 1. The number of phenols is 2. The van der Waals surface area contributed by atoms with Gasteiger partial charge in [-0.3, -0.25) is 4.79 Å². The number of anilines is 1. The van der Waals surface area contributed by atoms with E-state index >= 15 is 0 Å². The Morgan fingerprint density at radius 3 is 2.55 bits per heavy atom. The van der Waals surface area contributed by atoms with Crippen LogP contribution in [0.4, 0.5) is 5.69 Å². The van der Waals surface area contributed by atoms with Crippen molar-refractivity contribution in [3.63, 3.8) is 0 Å². The number of amides is 1. The van der Waals surface area contributed by atoms with Crippen molar-refractivity contribution in [2.45, 2.75) is 13.0 Å². The molecule has 5 nitrogen and oxygen atoms in total. The average molecular weight is 273 g/mol. The van der Waals surface area contributed by atoms with Crippen LogP contribution in [0.1, 0.15) is 28.9 Å². The van der Waals surface area contributed by atoms with E-state index in [1.54, 1.807) is 31.2 Å². The van der Waals surface area contributed by atoms with E-state index in [9.17, 15) is 20.1 Å². The van der Waals surface area contributed by atoms with Gasteiger partial charge in [-0.25, -0.2) is 0 Å². The number of hydrogen-bond donors (Lipinski definition) is 4. The van der Waals surface area contributed by atoms with Gasteiger partial charge in [0.15, 0.2) is 11.5 Å². The number of phenolic OH excluding ortho intramolecular Hbond substituents is 2. The second-order valence-electron chi connectivity index (χ2n) is 4.43. The molecule has 2 aromatic rings. The standard InChI is InChI=1S/C15H15NO4/c1-9(17)10-4-2-5-11(8-10)16-15(20)12-6-3-7-13(18)14(12)19/h2-9,17-19H,1H3,(H,16,20). The highest BCUT2D eigenvalue weighted by Gasteiger charge is 2.14. The fraction of sp³-hybridized carbons (Fsp3) is 0.133. The van der Waals surface area contributed by atoms with Crippen LogP contribution in [0.3, 0.4) is 0 Å². The summed E-state index contributed by atoms with van der Waals surface area (Å²) in [5.41, 5.74) is 1.14. The predicted octanol–water partition coefficient (Wildman–Crippen LogP) is 2.40. The number of nitrogens with one attached hydrogen (secondary N) is 1. The van der Waals surface area contributed by atoms with Gasteiger partial charge in [0.2, 0.25) is 0 Å². The third-order valence-corrected chi connectivity index (χ3v) is 2.89. The summed E-state index contributed by atoms with van der Waals surface area (Å²) in [4.78, 5) is 12.0. The number of aromatic hydroxyl groups is 2. The molecule has 0 aliphatic heterocycles. The molecule has 1 unspecified atom stereocenters. The lowest BCUT2D eigenvalue weighted by Crippen LogP contribution is -2.12. The molecule has 2 aromatic carbocycles. The highest BCUT2D eigenvalue weighted by Crippen LogP contribution is 2.29. The zero-order valence-electron chi connectivity index (χ0n) is 10.9. The van der Waals surface area contributed by atoms with Crippen LogP contribution < -0.4 is 5.32 Å². The quantitative estimate of drug-likeness (QED) is 0.646. The molecule has 0 fully saturated rings. The maximum Gasteiger partial charge on any atom is 0.259 e. The molecule has 20 heavy (non-hydrogen) atoms. The summed E-state index contributed by atoms with van der Waals surface area (Å²) in [6.45, 7) is 1.63. The normalized spacial score (nSPS) is 11.9. The number of benzene rings is 2. The first-order chi connectivity index (χ1) is 9.49. The van der Waals surface area contributed by atoms with E-state index in [-0.39, 0.29) is 11.3 Å². The van der Waals surface area contributed by atoms with E-state index < -0.39 is 17.8 Å². The topological polar surface area (TPSA) is 89.8 Å². The van der Waals surface area contributed by atoms with E-state index in [0.717, 1.165) is 0 Å². The molecule has 5 heteroatoms. The van der Waals surface area contributed by atoms with Crippen molar-refractivity contribution in [3.8, 4) is 11.5 Å². The molecule has 104 valence electrons. The third kappa shape index (κ3) is 2.89. The highest BCUT2D eigenvalue weighted by molar-refractivity contribution is 6.06. The van der Waals surface area contributed by atoms with Gasteiger partial charge in [-0.15, -0.1) is 0 Å². The van der Waals surface area contributed by atoms with E-state index in [0.29, 0.717) is 11.3 Å². The molecule has 0 aliphatic rings. The molecular weight excluding hydrogens is 258 g/mol. The van der Waals surface area contributed by atoms with Gasteiger partial charge in [0.25, 0.3) is 5.91 Å². The smallest absolute Gasteiger partial charge is 0.259 e. The molecule has 1 atom stereocenters. The Kier molecular flexibility index (Phi) is 3.91. The zero-order chi connectivity index (χ0) is 14.7. The summed E-state index contributed by atoms with van der Waals surface area (Å²) in [7, 11) is 0. The van der Waals surface area contributed by atoms with Crippen molar-refractivity contribution in [1.82, 2.24) is 0 Å². The van der Waals surface area contributed by atoms with Crippen LogP contribution in [0.2, 0.25) is 0 Å². The summed E-state index contributed by atoms with van der Waals surface area (Å²) >= 11 is 0. The Morgan fingerprint density at radius 1 is 1.15 bits per heavy atom. The molecule has 2 rings (SSSR count). The van der Waals surface area contributed by atoms with E-state index in [1.807, 2.05) is 0 Å². The largest absolute Gasteiger partial charge is 0.504 e. The van der Waals surface area contributed by atoms with Crippen molar-refractivity contribution in [2.75, 3.05) is 5.32 Å². The van der Waals surface area contributed by atoms with E-state index in [2.05, 4.69) is 5.32 Å². The van der Waals surface area contributed by atoms with Gasteiger partial charge in [-0.2, -0.15) is 0 Å². The molecule has 0 aliphatic carbocycles. The monoisotopic (exact) mass is 273 g/mol. The fourth-order valence-corrected chi connectivity index (χ4v) is 1.79. The lowest BCUT2D eigenvalue weighted by molar-refractivity contribution is 0.102. The first kappa shape index (κ1) is 13.9. The summed E-state index contributed by atoms with van der Waals surface area (Å²) in [5.74, 6) is -1.35. The molecule has 0 saturated heterocycles. The lowest BCUT2D eigenvalue weighted by Gasteiger charge is -2.10. The third-order valence-electron chi connectivity index (χ3n) is 2.89. The molecular formula is C15H15NO4. The van der Waals surface area contributed by atoms with Crippen molar-refractivity contribution >= 4 is 11.6 Å². The first-order valence-corrected chi connectivity index (χ1v) is 6.09. The minimum Gasteiger partial charge on any atom is -0.504 e. The van der Waals surface area contributed by atoms with Crippen LogP contribution in [0.5, 0.6) is 11.5 Å². The van der Waals surface area contributed by atoms with Gasteiger partial charge in [-0.05, 0) is 36.8 Å². The van der Waals surface area contributed by atoms with Crippen LogP contribution in [-0.2, 0) is 0 Å². The van der Waals surface area contributed by atoms with Crippen LogP contribution >= 0.6 is 0 Å². The lowest BCUT2D eigenvalue weighted by atomic mass is 10.1. The Balaban J connectivity index is 2.24. The van der Waals surface area contributed by atoms with Crippen LogP contribution in [-0.4, -0.2) is 21.2 Å².